The van der Waals surface area contributed by atoms with E-state index in [1.165, 1.54) is 0 Å². The van der Waals surface area contributed by atoms with Gasteiger partial charge in [0.1, 0.15) is 12.1 Å². The van der Waals surface area contributed by atoms with Crippen LogP contribution in [0.3, 0.4) is 0 Å². The molecule has 0 bridgehead atoms. The minimum Gasteiger partial charge on any atom is -0.392 e. The van der Waals surface area contributed by atoms with Crippen LogP contribution < -0.4 is 27.4 Å². The van der Waals surface area contributed by atoms with E-state index in [1.807, 2.05) is 13.8 Å². The molecule has 1 aromatic carbocycles. The fourth-order valence-electron chi connectivity index (χ4n) is 3.16. The van der Waals surface area contributed by atoms with Gasteiger partial charge in [0, 0.05) is 12.1 Å². The third-order valence-electron chi connectivity index (χ3n) is 5.11. The Balaban J connectivity index is 2.76. The highest BCUT2D eigenvalue weighted by atomic mass is 16.3. The summed E-state index contributed by atoms with van der Waals surface area (Å²) >= 11 is 0. The highest BCUT2D eigenvalue weighted by Gasteiger charge is 2.28. The first kappa shape index (κ1) is 27.5. The minimum absolute atomic E-state index is 0.0846. The monoisotopic (exact) mass is 449 g/mol. The average molecular weight is 450 g/mol. The molecule has 180 valence electrons. The number of aliphatic hydroxyl groups excluding tert-OH is 1. The lowest BCUT2D eigenvalue weighted by Gasteiger charge is -2.25. The number of hydrogen-bond acceptors (Lipinski definition) is 6. The summed E-state index contributed by atoms with van der Waals surface area (Å²) in [5, 5.41) is 17.5. The van der Waals surface area contributed by atoms with Gasteiger partial charge in [0.15, 0.2) is 0 Å². The van der Waals surface area contributed by atoms with Crippen molar-refractivity contribution >= 4 is 23.4 Å². The number of rotatable bonds is 15. The Morgan fingerprint density at radius 2 is 1.56 bits per heavy atom. The van der Waals surface area contributed by atoms with Gasteiger partial charge in [-0.15, -0.1) is 0 Å². The molecule has 3 amide bonds. The number of carbonyl (C=O) groups excluding carboxylic acids is 3. The molecule has 1 aromatic rings. The van der Waals surface area contributed by atoms with E-state index in [4.69, 9.17) is 16.6 Å². The molecule has 0 aromatic heterocycles. The van der Waals surface area contributed by atoms with Crippen molar-refractivity contribution in [2.24, 2.45) is 17.4 Å². The quantitative estimate of drug-likeness (QED) is 0.219. The van der Waals surface area contributed by atoms with Crippen molar-refractivity contribution in [3.63, 3.8) is 0 Å². The number of aliphatic hydroxyl groups is 1. The van der Waals surface area contributed by atoms with Crippen LogP contribution in [0.4, 0.5) is 5.69 Å². The van der Waals surface area contributed by atoms with E-state index < -0.39 is 18.0 Å². The van der Waals surface area contributed by atoms with E-state index in [9.17, 15) is 14.4 Å². The molecule has 8 N–H and O–H groups in total. The number of anilines is 1. The summed E-state index contributed by atoms with van der Waals surface area (Å²) in [5.41, 5.74) is 12.4. The van der Waals surface area contributed by atoms with E-state index in [0.717, 1.165) is 18.4 Å². The number of amides is 3. The number of hydrogen-bond donors (Lipinski definition) is 6. The van der Waals surface area contributed by atoms with E-state index >= 15 is 0 Å². The van der Waals surface area contributed by atoms with Crippen LogP contribution in [-0.2, 0) is 21.0 Å². The van der Waals surface area contributed by atoms with Gasteiger partial charge < -0.3 is 32.5 Å². The van der Waals surface area contributed by atoms with Gasteiger partial charge in [0.25, 0.3) is 0 Å². The summed E-state index contributed by atoms with van der Waals surface area (Å²) in [7, 11) is 0. The Kier molecular flexibility index (Phi) is 13.2. The fourth-order valence-corrected chi connectivity index (χ4v) is 3.16. The molecule has 0 heterocycles. The van der Waals surface area contributed by atoms with Crippen LogP contribution in [0.15, 0.2) is 24.3 Å². The lowest BCUT2D eigenvalue weighted by atomic mass is 10.0. The summed E-state index contributed by atoms with van der Waals surface area (Å²) < 4.78 is 0. The smallest absolute Gasteiger partial charge is 0.246 e. The topological polar surface area (TPSA) is 160 Å². The first-order valence-electron chi connectivity index (χ1n) is 11.3. The second-order valence-electron chi connectivity index (χ2n) is 8.22. The van der Waals surface area contributed by atoms with Gasteiger partial charge in [-0.05, 0) is 62.4 Å². The second-order valence-corrected chi connectivity index (χ2v) is 8.22. The molecule has 1 unspecified atom stereocenters. The van der Waals surface area contributed by atoms with Crippen molar-refractivity contribution in [2.75, 3.05) is 18.4 Å². The van der Waals surface area contributed by atoms with Crippen molar-refractivity contribution in [3.05, 3.63) is 29.8 Å². The van der Waals surface area contributed by atoms with E-state index in [2.05, 4.69) is 16.0 Å². The highest BCUT2D eigenvalue weighted by molar-refractivity contribution is 5.98. The first-order chi connectivity index (χ1) is 15.3. The number of nitrogens with one attached hydrogen (secondary N) is 3. The van der Waals surface area contributed by atoms with Gasteiger partial charge in [-0.3, -0.25) is 14.4 Å². The molecule has 0 aliphatic heterocycles. The zero-order chi connectivity index (χ0) is 23.9. The molecular weight excluding hydrogens is 410 g/mol. The average Bonchev–Trinajstić information content (AvgIpc) is 2.77. The Morgan fingerprint density at radius 1 is 0.906 bits per heavy atom. The van der Waals surface area contributed by atoms with E-state index in [0.29, 0.717) is 44.5 Å². The fraction of sp³-hybridized carbons (Fsp3) is 0.609. The number of benzene rings is 1. The highest BCUT2D eigenvalue weighted by Crippen LogP contribution is 2.12. The molecule has 0 saturated heterocycles. The molecule has 32 heavy (non-hydrogen) atoms. The molecule has 2 atom stereocenters. The van der Waals surface area contributed by atoms with Crippen LogP contribution in [0.5, 0.6) is 0 Å². The summed E-state index contributed by atoms with van der Waals surface area (Å²) in [6.07, 6.45) is 3.71. The van der Waals surface area contributed by atoms with Crippen LogP contribution in [0.1, 0.15) is 57.9 Å². The van der Waals surface area contributed by atoms with Gasteiger partial charge in [-0.1, -0.05) is 32.4 Å². The molecule has 0 fully saturated rings. The maximum atomic E-state index is 12.9. The molecule has 9 nitrogen and oxygen atoms in total. The third kappa shape index (κ3) is 10.2. The second kappa shape index (κ2) is 15.3. The van der Waals surface area contributed by atoms with Crippen LogP contribution in [0.25, 0.3) is 0 Å². The maximum absolute atomic E-state index is 12.9. The zero-order valence-corrected chi connectivity index (χ0v) is 19.2. The number of nitrogens with two attached hydrogens (primary N) is 2. The molecule has 9 heteroatoms. The minimum atomic E-state index is -0.786. The predicted octanol–water partition coefficient (Wildman–Crippen LogP) is 1.00. The Morgan fingerprint density at radius 3 is 2.12 bits per heavy atom. The van der Waals surface area contributed by atoms with Gasteiger partial charge in [0.2, 0.25) is 17.7 Å². The zero-order valence-electron chi connectivity index (χ0n) is 19.2. The SMILES string of the molecule is CC(C)C(NC(=O)CCCCCN)C(=O)N[C@@H](CCCN)C(=O)Nc1ccc(CO)cc1. The van der Waals surface area contributed by atoms with Crippen molar-refractivity contribution in [1.29, 1.82) is 0 Å². The Labute approximate surface area is 190 Å². The lowest BCUT2D eigenvalue weighted by molar-refractivity contribution is -0.132. The van der Waals surface area contributed by atoms with Gasteiger partial charge in [-0.2, -0.15) is 0 Å². The lowest BCUT2D eigenvalue weighted by Crippen LogP contribution is -2.54. The maximum Gasteiger partial charge on any atom is 0.246 e. The molecule has 0 radical (unpaired) electrons. The molecule has 1 rings (SSSR count). The Hall–Kier alpha value is -2.49. The summed E-state index contributed by atoms with van der Waals surface area (Å²) in [5.74, 6) is -1.10. The number of unbranched alkanes of at least 4 members (excludes halogenated alkanes) is 2. The van der Waals surface area contributed by atoms with Crippen molar-refractivity contribution in [3.8, 4) is 0 Å². The van der Waals surface area contributed by atoms with Crippen molar-refractivity contribution < 1.29 is 19.5 Å². The molecule has 0 aliphatic rings. The predicted molar refractivity (Wildman–Crippen MR) is 126 cm³/mol. The van der Waals surface area contributed by atoms with Crippen molar-refractivity contribution in [2.45, 2.75) is 71.1 Å². The Bertz CT molecular complexity index is 709. The van der Waals surface area contributed by atoms with Gasteiger partial charge >= 0.3 is 0 Å². The molecule has 0 saturated carbocycles. The normalized spacial score (nSPS) is 12.8. The van der Waals surface area contributed by atoms with Crippen LogP contribution in [0, 0.1) is 5.92 Å². The van der Waals surface area contributed by atoms with Crippen LogP contribution >= 0.6 is 0 Å². The summed E-state index contributed by atoms with van der Waals surface area (Å²) in [6.45, 7) is 4.58. The largest absolute Gasteiger partial charge is 0.392 e. The number of carbonyl (C=O) groups is 3. The molecule has 0 aliphatic carbocycles. The summed E-state index contributed by atoms with van der Waals surface area (Å²) in [4.78, 5) is 38.0. The first-order valence-corrected chi connectivity index (χ1v) is 11.3. The van der Waals surface area contributed by atoms with E-state index in [-0.39, 0.29) is 24.3 Å². The third-order valence-corrected chi connectivity index (χ3v) is 5.11. The standard InChI is InChI=1S/C23H39N5O4/c1-16(2)21(28-20(30)8-4-3-5-13-24)23(32)27-19(7-6-14-25)22(31)26-18-11-9-17(15-29)10-12-18/h9-12,16,19,21,29H,3-8,13-15,24-25H2,1-2H3,(H,26,31)(H,27,32)(H,28,30)/t19-,21?/m0/s1. The van der Waals surface area contributed by atoms with Crippen LogP contribution in [0.2, 0.25) is 0 Å². The van der Waals surface area contributed by atoms with Crippen LogP contribution in [-0.4, -0.2) is 48.0 Å². The van der Waals surface area contributed by atoms with E-state index in [1.54, 1.807) is 24.3 Å². The van der Waals surface area contributed by atoms with Crippen molar-refractivity contribution in [1.82, 2.24) is 10.6 Å². The van der Waals surface area contributed by atoms with Gasteiger partial charge in [0.05, 0.1) is 6.61 Å². The molecule has 0 spiro atoms. The van der Waals surface area contributed by atoms with Gasteiger partial charge in [-0.25, -0.2) is 0 Å². The summed E-state index contributed by atoms with van der Waals surface area (Å²) in [6, 6.07) is 5.27. The molecular formula is C23H39N5O4.